The quantitative estimate of drug-likeness (QED) is 0.621. The van der Waals surface area contributed by atoms with Crippen molar-refractivity contribution in [3.63, 3.8) is 0 Å². The molecule has 3 rings (SSSR count). The van der Waals surface area contributed by atoms with Crippen LogP contribution in [0.2, 0.25) is 10.0 Å². The molecule has 3 N–H and O–H groups in total. The van der Waals surface area contributed by atoms with E-state index in [1.54, 1.807) is 36.4 Å². The predicted molar refractivity (Wildman–Crippen MR) is 87.3 cm³/mol. The topological polar surface area (TPSA) is 59.8 Å². The lowest BCUT2D eigenvalue weighted by Crippen LogP contribution is -2.98. The summed E-state index contributed by atoms with van der Waals surface area (Å²) in [4.78, 5) is 0. The fourth-order valence-corrected chi connectivity index (χ4v) is 3.30. The number of quaternary nitrogens is 1. The Bertz CT molecular complexity index is 788. The van der Waals surface area contributed by atoms with Crippen LogP contribution in [-0.4, -0.2) is 5.21 Å². The molecule has 4 nitrogen and oxygen atoms in total. The molecule has 0 radical (unpaired) electrons. The van der Waals surface area contributed by atoms with Crippen molar-refractivity contribution in [2.75, 3.05) is 5.32 Å². The van der Waals surface area contributed by atoms with Gasteiger partial charge in [0.2, 0.25) is 5.00 Å². The molecule has 0 aliphatic rings. The molecule has 2 aromatic carbocycles. The Balaban J connectivity index is 2.12. The van der Waals surface area contributed by atoms with E-state index in [-0.39, 0.29) is 5.00 Å². The molecule has 0 saturated heterocycles. The average Bonchev–Trinajstić information content (AvgIpc) is 2.80. The van der Waals surface area contributed by atoms with Crippen molar-refractivity contribution in [2.45, 2.75) is 0 Å². The summed E-state index contributed by atoms with van der Waals surface area (Å²) in [5.41, 5.74) is 1.31. The SMILES string of the molecule is [O-][NH+](O)c1sc2ccc(Cl)cc2c1Nc1ccc(Cl)cc1. The Morgan fingerprint density at radius 3 is 2.38 bits per heavy atom. The molecule has 7 heteroatoms. The lowest BCUT2D eigenvalue weighted by Gasteiger charge is -2.13. The predicted octanol–water partition coefficient (Wildman–Crippen LogP) is 4.36. The first-order chi connectivity index (χ1) is 10.0. The smallest absolute Gasteiger partial charge is 0.244 e. The Hall–Kier alpha value is -1.34. The maximum Gasteiger partial charge on any atom is 0.244 e. The lowest BCUT2D eigenvalue weighted by molar-refractivity contribution is -0.988. The molecule has 0 aliphatic heterocycles. The number of hydrogen-bond donors (Lipinski definition) is 3. The zero-order valence-corrected chi connectivity index (χ0v) is 12.9. The van der Waals surface area contributed by atoms with Gasteiger partial charge in [0, 0.05) is 25.8 Å². The van der Waals surface area contributed by atoms with Crippen molar-refractivity contribution >= 4 is 61.0 Å². The molecule has 1 unspecified atom stereocenters. The number of anilines is 2. The average molecular weight is 341 g/mol. The van der Waals surface area contributed by atoms with Crippen LogP contribution in [0.3, 0.4) is 0 Å². The van der Waals surface area contributed by atoms with Gasteiger partial charge in [-0.05, 0) is 42.5 Å². The molecule has 0 amide bonds. The van der Waals surface area contributed by atoms with E-state index in [1.807, 2.05) is 6.07 Å². The highest BCUT2D eigenvalue weighted by Gasteiger charge is 2.18. The van der Waals surface area contributed by atoms with Gasteiger partial charge in [0.1, 0.15) is 5.69 Å². The molecular formula is C14H10Cl2N2O2S. The van der Waals surface area contributed by atoms with Crippen molar-refractivity contribution < 1.29 is 10.4 Å². The van der Waals surface area contributed by atoms with Crippen LogP contribution in [0.15, 0.2) is 42.5 Å². The van der Waals surface area contributed by atoms with E-state index in [0.717, 1.165) is 15.8 Å². The summed E-state index contributed by atoms with van der Waals surface area (Å²) in [5, 5.41) is 25.2. The number of halogens is 2. The second-order valence-electron chi connectivity index (χ2n) is 4.38. The van der Waals surface area contributed by atoms with Crippen LogP contribution < -0.4 is 10.5 Å². The highest BCUT2D eigenvalue weighted by molar-refractivity contribution is 7.22. The van der Waals surface area contributed by atoms with E-state index >= 15 is 0 Å². The maximum absolute atomic E-state index is 11.4. The molecule has 1 aromatic heterocycles. The standard InChI is InChI=1S/C14H10Cl2N2O2S/c15-8-1-4-10(5-2-8)17-13-11-7-9(16)3-6-12(11)21-14(13)18(19)20/h1-7,17-19H. The molecule has 108 valence electrons. The number of rotatable bonds is 3. The molecule has 0 fully saturated rings. The van der Waals surface area contributed by atoms with Crippen LogP contribution in [0.25, 0.3) is 10.1 Å². The van der Waals surface area contributed by atoms with Crippen molar-refractivity contribution in [1.29, 1.82) is 0 Å². The van der Waals surface area contributed by atoms with E-state index in [1.165, 1.54) is 11.3 Å². The van der Waals surface area contributed by atoms with Crippen molar-refractivity contribution in [3.05, 3.63) is 57.7 Å². The molecular weight excluding hydrogens is 331 g/mol. The monoisotopic (exact) mass is 340 g/mol. The highest BCUT2D eigenvalue weighted by Crippen LogP contribution is 2.40. The molecule has 3 aromatic rings. The van der Waals surface area contributed by atoms with E-state index < -0.39 is 5.23 Å². The van der Waals surface area contributed by atoms with Crippen LogP contribution >= 0.6 is 34.5 Å². The molecule has 0 aliphatic carbocycles. The van der Waals surface area contributed by atoms with E-state index in [4.69, 9.17) is 23.2 Å². The summed E-state index contributed by atoms with van der Waals surface area (Å²) in [6.07, 6.45) is 0. The minimum Gasteiger partial charge on any atom is -0.594 e. The zero-order chi connectivity index (χ0) is 15.0. The molecule has 1 heterocycles. The fraction of sp³-hybridized carbons (Fsp3) is 0. The number of hydrogen-bond acceptors (Lipinski definition) is 4. The number of thiophene rings is 1. The number of fused-ring (bicyclic) bond motifs is 1. The molecule has 0 spiro atoms. The summed E-state index contributed by atoms with van der Waals surface area (Å²) in [6, 6.07) is 12.4. The zero-order valence-electron chi connectivity index (χ0n) is 10.6. The Morgan fingerprint density at radius 1 is 1.05 bits per heavy atom. The largest absolute Gasteiger partial charge is 0.594 e. The Kier molecular flexibility index (Phi) is 4.03. The molecule has 21 heavy (non-hydrogen) atoms. The van der Waals surface area contributed by atoms with Crippen LogP contribution in [0.1, 0.15) is 0 Å². The van der Waals surface area contributed by atoms with Gasteiger partial charge in [-0.2, -0.15) is 5.23 Å². The third-order valence-electron chi connectivity index (χ3n) is 2.96. The first-order valence-electron chi connectivity index (χ1n) is 6.02. The second-order valence-corrected chi connectivity index (χ2v) is 6.31. The van der Waals surface area contributed by atoms with Gasteiger partial charge in [-0.25, -0.2) is 5.21 Å². The Labute approximate surface area is 134 Å². The van der Waals surface area contributed by atoms with Gasteiger partial charge in [0.25, 0.3) is 0 Å². The van der Waals surface area contributed by atoms with Crippen LogP contribution in [0.5, 0.6) is 0 Å². The summed E-state index contributed by atoms with van der Waals surface area (Å²) in [5.74, 6) is 0. The van der Waals surface area contributed by atoms with Gasteiger partial charge >= 0.3 is 0 Å². The first kappa shape index (κ1) is 14.6. The molecule has 0 saturated carbocycles. The first-order valence-corrected chi connectivity index (χ1v) is 7.60. The van der Waals surface area contributed by atoms with Crippen LogP contribution in [-0.2, 0) is 0 Å². The van der Waals surface area contributed by atoms with Gasteiger partial charge in [0.05, 0.1) is 0 Å². The van der Waals surface area contributed by atoms with Gasteiger partial charge in [-0.15, -0.1) is 0 Å². The van der Waals surface area contributed by atoms with E-state index in [9.17, 15) is 10.4 Å². The normalized spacial score (nSPS) is 12.6. The Morgan fingerprint density at radius 2 is 1.71 bits per heavy atom. The van der Waals surface area contributed by atoms with Crippen molar-refractivity contribution in [3.8, 4) is 0 Å². The van der Waals surface area contributed by atoms with Gasteiger partial charge in [-0.3, -0.25) is 0 Å². The molecule has 0 bridgehead atoms. The van der Waals surface area contributed by atoms with E-state index in [2.05, 4.69) is 5.32 Å². The summed E-state index contributed by atoms with van der Waals surface area (Å²) in [7, 11) is 0. The minimum atomic E-state index is -0.969. The third kappa shape index (κ3) is 2.98. The van der Waals surface area contributed by atoms with Crippen molar-refractivity contribution in [1.82, 2.24) is 0 Å². The summed E-state index contributed by atoms with van der Waals surface area (Å²) < 4.78 is 0.869. The fourth-order valence-electron chi connectivity index (χ4n) is 2.02. The number of nitrogens with one attached hydrogen (secondary N) is 2. The lowest BCUT2D eigenvalue weighted by atomic mass is 10.2. The minimum absolute atomic E-state index is 0.252. The van der Waals surface area contributed by atoms with Gasteiger partial charge in [-0.1, -0.05) is 34.5 Å². The van der Waals surface area contributed by atoms with Gasteiger partial charge < -0.3 is 10.5 Å². The maximum atomic E-state index is 11.4. The van der Waals surface area contributed by atoms with E-state index in [0.29, 0.717) is 15.7 Å². The molecule has 1 atom stereocenters. The summed E-state index contributed by atoms with van der Waals surface area (Å²) >= 11 is 13.1. The van der Waals surface area contributed by atoms with Crippen molar-refractivity contribution in [2.24, 2.45) is 0 Å². The van der Waals surface area contributed by atoms with Gasteiger partial charge in [0.15, 0.2) is 0 Å². The van der Waals surface area contributed by atoms with Crippen LogP contribution in [0, 0.1) is 5.21 Å². The van der Waals surface area contributed by atoms with Crippen LogP contribution in [0.4, 0.5) is 16.4 Å². The summed E-state index contributed by atoms with van der Waals surface area (Å²) in [6.45, 7) is 0. The highest BCUT2D eigenvalue weighted by atomic mass is 35.5. The number of benzene rings is 2. The second kappa shape index (κ2) is 5.81. The third-order valence-corrected chi connectivity index (χ3v) is 4.60.